The minimum Gasteiger partial charge on any atom is -0.348 e. The van der Waals surface area contributed by atoms with E-state index in [1.165, 1.54) is 0 Å². The first-order valence-corrected chi connectivity index (χ1v) is 6.96. The fourth-order valence-electron chi connectivity index (χ4n) is 2.40. The molecule has 1 amide bonds. The van der Waals surface area contributed by atoms with Gasteiger partial charge in [-0.25, -0.2) is 0 Å². The van der Waals surface area contributed by atoms with Crippen molar-refractivity contribution in [2.75, 3.05) is 19.6 Å². The second kappa shape index (κ2) is 7.84. The van der Waals surface area contributed by atoms with Crippen molar-refractivity contribution in [1.82, 2.24) is 10.2 Å². The van der Waals surface area contributed by atoms with Crippen molar-refractivity contribution in [1.29, 1.82) is 0 Å². The highest BCUT2D eigenvalue weighted by Gasteiger charge is 2.21. The molecule has 1 heterocycles. The molecule has 0 radical (unpaired) electrons. The second-order valence-corrected chi connectivity index (χ2v) is 5.50. The number of nitrogens with zero attached hydrogens (tertiary/aromatic N) is 1. The topological polar surface area (TPSA) is 58.4 Å². The van der Waals surface area contributed by atoms with Crippen LogP contribution < -0.4 is 11.1 Å². The number of halogens is 2. The number of nitrogens with two attached hydrogens (primary N) is 1. The number of carbonyl (C=O) groups excluding carboxylic acids is 1. The van der Waals surface area contributed by atoms with E-state index in [0.717, 1.165) is 25.1 Å². The molecule has 1 aliphatic heterocycles. The largest absolute Gasteiger partial charge is 0.348 e. The predicted molar refractivity (Wildman–Crippen MR) is 84.3 cm³/mol. The van der Waals surface area contributed by atoms with Gasteiger partial charge >= 0.3 is 0 Å². The Labute approximate surface area is 131 Å². The summed E-state index contributed by atoms with van der Waals surface area (Å²) in [5.41, 5.74) is 6.76. The van der Waals surface area contributed by atoms with Crippen LogP contribution in [0, 0.1) is 0 Å². The SMILES string of the molecule is CC(NC(=O)CN1CC[C@@H](N)C1)c1ccccc1Cl.Cl. The van der Waals surface area contributed by atoms with Crippen LogP contribution in [0.25, 0.3) is 0 Å². The highest BCUT2D eigenvalue weighted by Crippen LogP contribution is 2.22. The van der Waals surface area contributed by atoms with Gasteiger partial charge in [0, 0.05) is 24.2 Å². The number of likely N-dealkylation sites (tertiary alicyclic amines) is 1. The van der Waals surface area contributed by atoms with E-state index in [1.807, 2.05) is 31.2 Å². The summed E-state index contributed by atoms with van der Waals surface area (Å²) in [7, 11) is 0. The van der Waals surface area contributed by atoms with Gasteiger partial charge in [-0.3, -0.25) is 9.69 Å². The van der Waals surface area contributed by atoms with Crippen molar-refractivity contribution in [3.05, 3.63) is 34.9 Å². The van der Waals surface area contributed by atoms with Gasteiger partial charge in [0.25, 0.3) is 0 Å². The molecule has 2 atom stereocenters. The Morgan fingerprint density at radius 3 is 2.85 bits per heavy atom. The maximum Gasteiger partial charge on any atom is 0.234 e. The lowest BCUT2D eigenvalue weighted by molar-refractivity contribution is -0.122. The first-order chi connectivity index (χ1) is 9.06. The highest BCUT2D eigenvalue weighted by molar-refractivity contribution is 6.31. The van der Waals surface area contributed by atoms with E-state index in [-0.39, 0.29) is 30.4 Å². The molecular weight excluding hydrogens is 297 g/mol. The summed E-state index contributed by atoms with van der Waals surface area (Å²) >= 11 is 6.11. The Hall–Kier alpha value is -0.810. The Balaban J connectivity index is 0.00000200. The quantitative estimate of drug-likeness (QED) is 0.892. The van der Waals surface area contributed by atoms with Crippen molar-refractivity contribution in [3.8, 4) is 0 Å². The number of amides is 1. The van der Waals surface area contributed by atoms with Crippen LogP contribution in [0.4, 0.5) is 0 Å². The van der Waals surface area contributed by atoms with Crippen LogP contribution in [0.1, 0.15) is 24.9 Å². The molecule has 1 aromatic rings. The minimum atomic E-state index is -0.0857. The number of hydrogen-bond acceptors (Lipinski definition) is 3. The van der Waals surface area contributed by atoms with Crippen molar-refractivity contribution < 1.29 is 4.79 Å². The van der Waals surface area contributed by atoms with Gasteiger partial charge in [0.05, 0.1) is 12.6 Å². The summed E-state index contributed by atoms with van der Waals surface area (Å²) in [5.74, 6) is 0.0153. The van der Waals surface area contributed by atoms with E-state index >= 15 is 0 Å². The van der Waals surface area contributed by atoms with Crippen molar-refractivity contribution in [2.45, 2.75) is 25.4 Å². The molecule has 0 bridgehead atoms. The summed E-state index contributed by atoms with van der Waals surface area (Å²) in [6.07, 6.45) is 0.966. The smallest absolute Gasteiger partial charge is 0.234 e. The summed E-state index contributed by atoms with van der Waals surface area (Å²) in [6.45, 7) is 4.04. The average Bonchev–Trinajstić information content (AvgIpc) is 2.74. The third kappa shape index (κ3) is 4.63. The molecule has 1 unspecified atom stereocenters. The lowest BCUT2D eigenvalue weighted by Crippen LogP contribution is -2.38. The zero-order valence-electron chi connectivity index (χ0n) is 11.5. The third-order valence-electron chi connectivity index (χ3n) is 3.43. The van der Waals surface area contributed by atoms with E-state index in [4.69, 9.17) is 17.3 Å². The number of benzene rings is 1. The van der Waals surface area contributed by atoms with Gasteiger partial charge in [-0.1, -0.05) is 29.8 Å². The summed E-state index contributed by atoms with van der Waals surface area (Å²) in [5, 5.41) is 3.65. The van der Waals surface area contributed by atoms with Crippen molar-refractivity contribution in [3.63, 3.8) is 0 Å². The summed E-state index contributed by atoms with van der Waals surface area (Å²) in [6, 6.07) is 7.68. The zero-order chi connectivity index (χ0) is 13.8. The Morgan fingerprint density at radius 2 is 2.25 bits per heavy atom. The van der Waals surface area contributed by atoms with Gasteiger partial charge in [-0.15, -0.1) is 12.4 Å². The number of rotatable bonds is 4. The molecule has 0 aromatic heterocycles. The first kappa shape index (κ1) is 17.2. The van der Waals surface area contributed by atoms with Crippen LogP contribution in [0.2, 0.25) is 5.02 Å². The van der Waals surface area contributed by atoms with Gasteiger partial charge in [0.1, 0.15) is 0 Å². The third-order valence-corrected chi connectivity index (χ3v) is 3.77. The number of hydrogen-bond donors (Lipinski definition) is 2. The predicted octanol–water partition coefficient (Wildman–Crippen LogP) is 1.97. The van der Waals surface area contributed by atoms with Crippen LogP contribution in [0.15, 0.2) is 24.3 Å². The maximum absolute atomic E-state index is 12.0. The first-order valence-electron chi connectivity index (χ1n) is 6.58. The number of carbonyl (C=O) groups is 1. The van der Waals surface area contributed by atoms with Crippen molar-refractivity contribution >= 4 is 29.9 Å². The van der Waals surface area contributed by atoms with Gasteiger partial charge in [0.15, 0.2) is 0 Å². The van der Waals surface area contributed by atoms with E-state index in [0.29, 0.717) is 11.6 Å². The van der Waals surface area contributed by atoms with Crippen LogP contribution in [0.3, 0.4) is 0 Å². The fourth-order valence-corrected chi connectivity index (χ4v) is 2.70. The zero-order valence-corrected chi connectivity index (χ0v) is 13.1. The Morgan fingerprint density at radius 1 is 1.55 bits per heavy atom. The highest BCUT2D eigenvalue weighted by atomic mass is 35.5. The fraction of sp³-hybridized carbons (Fsp3) is 0.500. The summed E-state index contributed by atoms with van der Waals surface area (Å²) in [4.78, 5) is 14.0. The van der Waals surface area contributed by atoms with Crippen LogP contribution in [-0.4, -0.2) is 36.5 Å². The lowest BCUT2D eigenvalue weighted by atomic mass is 10.1. The molecule has 3 N–H and O–H groups in total. The lowest BCUT2D eigenvalue weighted by Gasteiger charge is -2.19. The van der Waals surface area contributed by atoms with Crippen LogP contribution >= 0.6 is 24.0 Å². The normalized spacial score (nSPS) is 20.2. The minimum absolute atomic E-state index is 0. The van der Waals surface area contributed by atoms with Crippen LogP contribution in [-0.2, 0) is 4.79 Å². The molecule has 0 aliphatic carbocycles. The Kier molecular flexibility index (Phi) is 6.76. The van der Waals surface area contributed by atoms with Gasteiger partial charge in [-0.2, -0.15) is 0 Å². The van der Waals surface area contributed by atoms with Crippen molar-refractivity contribution in [2.24, 2.45) is 5.73 Å². The van der Waals surface area contributed by atoms with Gasteiger partial charge in [-0.05, 0) is 25.0 Å². The van der Waals surface area contributed by atoms with Crippen LogP contribution in [0.5, 0.6) is 0 Å². The Bertz CT molecular complexity index is 456. The van der Waals surface area contributed by atoms with E-state index in [2.05, 4.69) is 10.2 Å². The standard InChI is InChI=1S/C14H20ClN3O.ClH/c1-10(12-4-2-3-5-13(12)15)17-14(19)9-18-7-6-11(16)8-18;/h2-5,10-11H,6-9,16H2,1H3,(H,17,19);1H/t10?,11-;/m1./s1. The molecule has 112 valence electrons. The molecule has 1 saturated heterocycles. The molecule has 20 heavy (non-hydrogen) atoms. The molecular formula is C14H21Cl2N3O. The maximum atomic E-state index is 12.0. The molecule has 1 fully saturated rings. The van der Waals surface area contributed by atoms with E-state index in [1.54, 1.807) is 0 Å². The molecule has 0 saturated carbocycles. The van der Waals surface area contributed by atoms with Gasteiger partial charge < -0.3 is 11.1 Å². The molecule has 4 nitrogen and oxygen atoms in total. The summed E-state index contributed by atoms with van der Waals surface area (Å²) < 4.78 is 0. The van der Waals surface area contributed by atoms with Gasteiger partial charge in [0.2, 0.25) is 5.91 Å². The molecule has 2 rings (SSSR count). The molecule has 6 heteroatoms. The molecule has 1 aromatic carbocycles. The number of nitrogens with one attached hydrogen (secondary N) is 1. The molecule has 1 aliphatic rings. The second-order valence-electron chi connectivity index (χ2n) is 5.09. The average molecular weight is 318 g/mol. The van der Waals surface area contributed by atoms with E-state index in [9.17, 15) is 4.79 Å². The monoisotopic (exact) mass is 317 g/mol. The van der Waals surface area contributed by atoms with E-state index < -0.39 is 0 Å². The molecule has 0 spiro atoms.